The van der Waals surface area contributed by atoms with Crippen molar-refractivity contribution < 1.29 is 23.7 Å². The van der Waals surface area contributed by atoms with Gasteiger partial charge in [0.2, 0.25) is 0 Å². The zero-order chi connectivity index (χ0) is 18.8. The Labute approximate surface area is 160 Å². The van der Waals surface area contributed by atoms with Crippen LogP contribution in [0.1, 0.15) is 18.4 Å². The Kier molecular flexibility index (Phi) is 5.48. The van der Waals surface area contributed by atoms with Crippen LogP contribution < -0.4 is 4.74 Å². The van der Waals surface area contributed by atoms with Crippen molar-refractivity contribution in [3.63, 3.8) is 0 Å². The lowest BCUT2D eigenvalue weighted by atomic mass is 9.71. The molecular weight excluding hydrogens is 346 g/mol. The summed E-state index contributed by atoms with van der Waals surface area (Å²) in [6.45, 7) is 3.02. The van der Waals surface area contributed by atoms with Crippen LogP contribution in [0.4, 0.5) is 0 Å². The van der Waals surface area contributed by atoms with Gasteiger partial charge in [0.05, 0.1) is 44.3 Å². The highest BCUT2D eigenvalue weighted by Crippen LogP contribution is 2.42. The molecule has 0 radical (unpaired) electrons. The lowest BCUT2D eigenvalue weighted by molar-refractivity contribution is -0.171. The Bertz CT molecular complexity index is 701. The molecular formula is C21H27NO5. The first kappa shape index (κ1) is 18.5. The van der Waals surface area contributed by atoms with Crippen molar-refractivity contribution in [1.29, 1.82) is 0 Å². The van der Waals surface area contributed by atoms with E-state index in [9.17, 15) is 4.79 Å². The highest BCUT2D eigenvalue weighted by Gasteiger charge is 2.48. The Morgan fingerprint density at radius 2 is 2.00 bits per heavy atom. The summed E-state index contributed by atoms with van der Waals surface area (Å²) in [5.41, 5.74) is 1.54. The molecule has 6 nitrogen and oxygen atoms in total. The number of carbonyl (C=O) groups excluding carboxylic acids is 1. The summed E-state index contributed by atoms with van der Waals surface area (Å²) in [5.74, 6) is 1.08. The lowest BCUT2D eigenvalue weighted by Gasteiger charge is -2.48. The zero-order valence-electron chi connectivity index (χ0n) is 15.9. The molecule has 4 rings (SSSR count). The number of hydrogen-bond acceptors (Lipinski definition) is 6. The Balaban J connectivity index is 1.51. The molecule has 3 aliphatic rings. The fraction of sp³-hybridized carbons (Fsp3) is 0.571. The van der Waals surface area contributed by atoms with Gasteiger partial charge in [-0.2, -0.15) is 0 Å². The number of ketones is 1. The average Bonchev–Trinajstić information content (AvgIpc) is 2.72. The van der Waals surface area contributed by atoms with Gasteiger partial charge in [-0.1, -0.05) is 12.1 Å². The maximum Gasteiger partial charge on any atom is 0.173 e. The number of carbonyl (C=O) groups is 1. The number of ether oxygens (including phenoxy) is 4. The molecule has 0 spiro atoms. The summed E-state index contributed by atoms with van der Waals surface area (Å²) in [6, 6.07) is 7.56. The lowest BCUT2D eigenvalue weighted by Crippen LogP contribution is -2.56. The van der Waals surface area contributed by atoms with Crippen LogP contribution in [0.5, 0.6) is 5.75 Å². The molecule has 0 N–H and O–H groups in total. The number of methoxy groups -OCH3 is 2. The van der Waals surface area contributed by atoms with Crippen LogP contribution in [0.2, 0.25) is 0 Å². The first-order valence-corrected chi connectivity index (χ1v) is 9.58. The number of hydrogen-bond donors (Lipinski definition) is 0. The molecule has 2 heterocycles. The van der Waals surface area contributed by atoms with Crippen LogP contribution >= 0.6 is 0 Å². The van der Waals surface area contributed by atoms with Gasteiger partial charge in [-0.3, -0.25) is 9.69 Å². The summed E-state index contributed by atoms with van der Waals surface area (Å²) in [4.78, 5) is 15.4. The van der Waals surface area contributed by atoms with E-state index >= 15 is 0 Å². The molecule has 0 aromatic heterocycles. The van der Waals surface area contributed by atoms with Crippen molar-refractivity contribution in [2.45, 2.75) is 25.0 Å². The van der Waals surface area contributed by atoms with Gasteiger partial charge in [0, 0.05) is 26.1 Å². The third-order valence-electron chi connectivity index (χ3n) is 5.96. The molecule has 0 amide bonds. The molecule has 27 heavy (non-hydrogen) atoms. The van der Waals surface area contributed by atoms with Crippen LogP contribution in [0.15, 0.2) is 30.5 Å². The summed E-state index contributed by atoms with van der Waals surface area (Å²) in [5, 5.41) is 0. The molecule has 6 heteroatoms. The van der Waals surface area contributed by atoms with Gasteiger partial charge in [-0.15, -0.1) is 0 Å². The van der Waals surface area contributed by atoms with Gasteiger partial charge in [0.15, 0.2) is 5.78 Å². The van der Waals surface area contributed by atoms with Gasteiger partial charge in [-0.25, -0.2) is 0 Å². The second-order valence-electron chi connectivity index (χ2n) is 7.48. The molecule has 1 saturated heterocycles. The number of nitrogens with zero attached hydrogens (tertiary/aromatic N) is 1. The van der Waals surface area contributed by atoms with Crippen molar-refractivity contribution in [3.05, 3.63) is 36.1 Å². The number of fused-ring (bicyclic) bond motifs is 3. The van der Waals surface area contributed by atoms with Crippen molar-refractivity contribution in [2.24, 2.45) is 11.8 Å². The average molecular weight is 373 g/mol. The SMILES string of the molecule is COCCN1COC2CCC3C(=O)C(c4ccc(OC)cc4)=COC3C2C1. The fourth-order valence-corrected chi connectivity index (χ4v) is 4.45. The maximum atomic E-state index is 13.2. The molecule has 2 fully saturated rings. The maximum absolute atomic E-state index is 13.2. The Morgan fingerprint density at radius 1 is 1.19 bits per heavy atom. The highest BCUT2D eigenvalue weighted by atomic mass is 16.5. The monoisotopic (exact) mass is 373 g/mol. The molecule has 1 aromatic rings. The zero-order valence-corrected chi connectivity index (χ0v) is 15.9. The minimum absolute atomic E-state index is 0.0978. The summed E-state index contributed by atoms with van der Waals surface area (Å²) < 4.78 is 22.6. The van der Waals surface area contributed by atoms with E-state index in [0.29, 0.717) is 18.9 Å². The predicted octanol–water partition coefficient (Wildman–Crippen LogP) is 2.33. The van der Waals surface area contributed by atoms with Gasteiger partial charge >= 0.3 is 0 Å². The fourth-order valence-electron chi connectivity index (χ4n) is 4.45. The quantitative estimate of drug-likeness (QED) is 0.790. The van der Waals surface area contributed by atoms with Gasteiger partial charge in [0.1, 0.15) is 11.9 Å². The largest absolute Gasteiger partial charge is 0.497 e. The van der Waals surface area contributed by atoms with Crippen molar-refractivity contribution in [1.82, 2.24) is 4.90 Å². The minimum atomic E-state index is -0.108. The summed E-state index contributed by atoms with van der Waals surface area (Å²) in [6.07, 6.45) is 3.45. The Hall–Kier alpha value is -1.89. The summed E-state index contributed by atoms with van der Waals surface area (Å²) in [7, 11) is 3.34. The van der Waals surface area contributed by atoms with E-state index in [4.69, 9.17) is 18.9 Å². The van der Waals surface area contributed by atoms with E-state index in [0.717, 1.165) is 37.2 Å². The molecule has 146 valence electrons. The topological polar surface area (TPSA) is 57.2 Å². The molecule has 2 aliphatic heterocycles. The number of benzene rings is 1. The van der Waals surface area contributed by atoms with Crippen LogP contribution in [-0.2, 0) is 19.0 Å². The van der Waals surface area contributed by atoms with E-state index in [1.807, 2.05) is 24.3 Å². The van der Waals surface area contributed by atoms with E-state index in [1.165, 1.54) is 0 Å². The molecule has 1 aliphatic carbocycles. The summed E-state index contributed by atoms with van der Waals surface area (Å²) >= 11 is 0. The van der Waals surface area contributed by atoms with Crippen LogP contribution in [-0.4, -0.2) is 63.5 Å². The van der Waals surface area contributed by atoms with Gasteiger partial charge < -0.3 is 18.9 Å². The van der Waals surface area contributed by atoms with E-state index < -0.39 is 0 Å². The normalized spacial score (nSPS) is 30.7. The van der Waals surface area contributed by atoms with Crippen LogP contribution in [0.25, 0.3) is 5.57 Å². The molecule has 4 unspecified atom stereocenters. The van der Waals surface area contributed by atoms with Crippen molar-refractivity contribution >= 4 is 11.4 Å². The number of rotatable bonds is 5. The number of Topliss-reactive ketones (excluding diaryl/α,β-unsaturated/α-hetero) is 1. The second-order valence-corrected chi connectivity index (χ2v) is 7.48. The molecule has 0 bridgehead atoms. The third-order valence-corrected chi connectivity index (χ3v) is 5.96. The highest BCUT2D eigenvalue weighted by molar-refractivity contribution is 6.22. The van der Waals surface area contributed by atoms with E-state index in [-0.39, 0.29) is 29.8 Å². The van der Waals surface area contributed by atoms with Gasteiger partial charge in [0.25, 0.3) is 0 Å². The van der Waals surface area contributed by atoms with Crippen LogP contribution in [0, 0.1) is 11.8 Å². The minimum Gasteiger partial charge on any atom is -0.497 e. The Morgan fingerprint density at radius 3 is 2.74 bits per heavy atom. The first-order valence-electron chi connectivity index (χ1n) is 9.58. The van der Waals surface area contributed by atoms with Crippen molar-refractivity contribution in [3.8, 4) is 5.75 Å². The second kappa shape index (κ2) is 8.00. The van der Waals surface area contributed by atoms with E-state index in [1.54, 1.807) is 20.5 Å². The number of allylic oxidation sites excluding steroid dienone is 1. The third kappa shape index (κ3) is 3.61. The van der Waals surface area contributed by atoms with Crippen molar-refractivity contribution in [2.75, 3.05) is 40.6 Å². The molecule has 1 aromatic carbocycles. The predicted molar refractivity (Wildman–Crippen MR) is 100 cm³/mol. The standard InChI is InChI=1S/C21H27NO5/c1-24-10-9-22-11-17-19(27-13-22)8-7-16-20(23)18(12-26-21(16)17)14-3-5-15(25-2)6-4-14/h3-6,12,16-17,19,21H,7-11,13H2,1-2H3. The van der Waals surface area contributed by atoms with Gasteiger partial charge in [-0.05, 0) is 30.5 Å². The molecule has 1 saturated carbocycles. The molecule has 4 atom stereocenters. The van der Waals surface area contributed by atoms with Crippen LogP contribution in [0.3, 0.4) is 0 Å². The first-order chi connectivity index (χ1) is 13.2. The van der Waals surface area contributed by atoms with E-state index in [2.05, 4.69) is 4.90 Å². The smallest absolute Gasteiger partial charge is 0.173 e.